The topological polar surface area (TPSA) is 68.2 Å². The Balaban J connectivity index is 2.29. The van der Waals surface area contributed by atoms with E-state index in [1.807, 2.05) is 4.90 Å². The molecule has 7 heteroatoms. The number of carbonyl (C=O) groups is 1. The molecule has 3 rings (SSSR count). The summed E-state index contributed by atoms with van der Waals surface area (Å²) in [5, 5.41) is 9.88. The molecule has 1 saturated heterocycles. The van der Waals surface area contributed by atoms with Gasteiger partial charge in [-0.05, 0) is 49.7 Å². The Bertz CT molecular complexity index is 850. The first-order valence-electron chi connectivity index (χ1n) is 9.54. The maximum atomic E-state index is 14.3. The monoisotopic (exact) mass is 403 g/mol. The number of aliphatic carboxylic acids is 1. The highest BCUT2D eigenvalue weighted by Gasteiger charge is 2.39. The lowest BCUT2D eigenvalue weighted by Crippen LogP contribution is -2.47. The molecule has 1 N–H and O–H groups in total. The van der Waals surface area contributed by atoms with E-state index in [0.717, 1.165) is 12.8 Å². The molecule has 6 nitrogen and oxygen atoms in total. The van der Waals surface area contributed by atoms with Crippen molar-refractivity contribution in [1.29, 1.82) is 0 Å². The molecule has 2 unspecified atom stereocenters. The quantitative estimate of drug-likeness (QED) is 0.757. The van der Waals surface area contributed by atoms with E-state index < -0.39 is 23.9 Å². The molecule has 0 bridgehead atoms. The van der Waals surface area contributed by atoms with Crippen molar-refractivity contribution < 1.29 is 28.5 Å². The fourth-order valence-corrected chi connectivity index (χ4v) is 4.10. The van der Waals surface area contributed by atoms with Crippen LogP contribution in [0.4, 0.5) is 4.39 Å². The number of hydrogen-bond acceptors (Lipinski definition) is 5. The molecule has 1 fully saturated rings. The third kappa shape index (κ3) is 4.15. The first-order valence-corrected chi connectivity index (χ1v) is 9.54. The van der Waals surface area contributed by atoms with Gasteiger partial charge >= 0.3 is 5.97 Å². The van der Waals surface area contributed by atoms with E-state index in [1.165, 1.54) is 19.2 Å². The standard InChI is InChI=1S/C22H26FNO5/c1-27-17-11-10-14(23)13-15(17)21(24-12-5-4-7-16(24)22(25)26)20-18(28-2)8-6-9-19(20)29-3/h6,8-11,13,16,21H,4-5,7,12H2,1-3H3,(H,25,26). The van der Waals surface area contributed by atoms with Gasteiger partial charge in [-0.2, -0.15) is 0 Å². The van der Waals surface area contributed by atoms with E-state index in [0.29, 0.717) is 41.3 Å². The van der Waals surface area contributed by atoms with Gasteiger partial charge in [-0.3, -0.25) is 9.69 Å². The first kappa shape index (κ1) is 20.9. The van der Waals surface area contributed by atoms with Gasteiger partial charge in [0.25, 0.3) is 0 Å². The number of carboxylic acids is 1. The zero-order valence-electron chi connectivity index (χ0n) is 16.9. The zero-order valence-corrected chi connectivity index (χ0v) is 16.9. The van der Waals surface area contributed by atoms with Crippen molar-refractivity contribution in [2.24, 2.45) is 0 Å². The van der Waals surface area contributed by atoms with Gasteiger partial charge in [-0.1, -0.05) is 12.5 Å². The second-order valence-electron chi connectivity index (χ2n) is 6.95. The summed E-state index contributed by atoms with van der Waals surface area (Å²) in [4.78, 5) is 13.9. The van der Waals surface area contributed by atoms with Crippen LogP contribution in [0, 0.1) is 5.82 Å². The van der Waals surface area contributed by atoms with Crippen LogP contribution in [0.1, 0.15) is 36.4 Å². The van der Waals surface area contributed by atoms with Crippen LogP contribution in [-0.4, -0.2) is 49.9 Å². The number of ether oxygens (including phenoxy) is 3. The van der Waals surface area contributed by atoms with Crippen molar-refractivity contribution in [3.05, 3.63) is 53.3 Å². The number of carboxylic acid groups (broad SMARTS) is 1. The Labute approximate surface area is 169 Å². The van der Waals surface area contributed by atoms with Crippen molar-refractivity contribution in [2.75, 3.05) is 27.9 Å². The molecule has 1 aliphatic heterocycles. The van der Waals surface area contributed by atoms with Gasteiger partial charge in [-0.15, -0.1) is 0 Å². The number of piperidine rings is 1. The van der Waals surface area contributed by atoms with Crippen LogP contribution in [0.15, 0.2) is 36.4 Å². The second-order valence-corrected chi connectivity index (χ2v) is 6.95. The van der Waals surface area contributed by atoms with Crippen LogP contribution >= 0.6 is 0 Å². The summed E-state index contributed by atoms with van der Waals surface area (Å²) < 4.78 is 31.0. The number of nitrogens with zero attached hydrogens (tertiary/aromatic N) is 1. The second kappa shape index (κ2) is 9.13. The maximum Gasteiger partial charge on any atom is 0.320 e. The van der Waals surface area contributed by atoms with E-state index in [2.05, 4.69) is 0 Å². The molecule has 1 heterocycles. The minimum atomic E-state index is -0.904. The average Bonchev–Trinajstić information content (AvgIpc) is 2.74. The fraction of sp³-hybridized carbons (Fsp3) is 0.409. The van der Waals surface area contributed by atoms with Crippen LogP contribution in [0.5, 0.6) is 17.2 Å². The summed E-state index contributed by atoms with van der Waals surface area (Å²) >= 11 is 0. The molecular formula is C22H26FNO5. The highest BCUT2D eigenvalue weighted by molar-refractivity contribution is 5.74. The lowest BCUT2D eigenvalue weighted by molar-refractivity contribution is -0.145. The Morgan fingerprint density at radius 3 is 2.31 bits per heavy atom. The highest BCUT2D eigenvalue weighted by Crippen LogP contribution is 2.45. The molecule has 0 saturated carbocycles. The van der Waals surface area contributed by atoms with Gasteiger partial charge in [0.15, 0.2) is 0 Å². The molecule has 1 aliphatic rings. The van der Waals surface area contributed by atoms with Gasteiger partial charge in [0.2, 0.25) is 0 Å². The number of halogens is 1. The van der Waals surface area contributed by atoms with Crippen molar-refractivity contribution in [2.45, 2.75) is 31.3 Å². The maximum absolute atomic E-state index is 14.3. The highest BCUT2D eigenvalue weighted by atomic mass is 19.1. The summed E-state index contributed by atoms with van der Waals surface area (Å²) in [6.45, 7) is 0.544. The van der Waals surface area contributed by atoms with Gasteiger partial charge < -0.3 is 19.3 Å². The number of hydrogen-bond donors (Lipinski definition) is 1. The predicted octanol–water partition coefficient (Wildman–Crippen LogP) is 3.88. The molecule has 0 radical (unpaired) electrons. The molecule has 2 aromatic carbocycles. The van der Waals surface area contributed by atoms with Gasteiger partial charge in [0.1, 0.15) is 29.1 Å². The summed E-state index contributed by atoms with van der Waals surface area (Å²) in [6, 6.07) is 8.31. The molecule has 29 heavy (non-hydrogen) atoms. The molecule has 0 spiro atoms. The normalized spacial score (nSPS) is 18.1. The predicted molar refractivity (Wildman–Crippen MR) is 106 cm³/mol. The van der Waals surface area contributed by atoms with Crippen molar-refractivity contribution >= 4 is 5.97 Å². The van der Waals surface area contributed by atoms with Crippen LogP contribution in [-0.2, 0) is 4.79 Å². The summed E-state index contributed by atoms with van der Waals surface area (Å²) in [6.07, 6.45) is 2.18. The third-order valence-electron chi connectivity index (χ3n) is 5.39. The molecular weight excluding hydrogens is 377 g/mol. The van der Waals surface area contributed by atoms with E-state index >= 15 is 0 Å². The smallest absolute Gasteiger partial charge is 0.320 e. The minimum Gasteiger partial charge on any atom is -0.496 e. The number of methoxy groups -OCH3 is 3. The zero-order chi connectivity index (χ0) is 21.0. The van der Waals surface area contributed by atoms with E-state index in [4.69, 9.17) is 14.2 Å². The third-order valence-corrected chi connectivity index (χ3v) is 5.39. The molecule has 0 aromatic heterocycles. The summed E-state index contributed by atoms with van der Waals surface area (Å²) in [5.74, 6) is 0.215. The lowest BCUT2D eigenvalue weighted by Gasteiger charge is -2.40. The van der Waals surface area contributed by atoms with Gasteiger partial charge in [0.05, 0.1) is 32.9 Å². The van der Waals surface area contributed by atoms with Crippen molar-refractivity contribution in [3.63, 3.8) is 0 Å². The minimum absolute atomic E-state index is 0.427. The Morgan fingerprint density at radius 2 is 1.72 bits per heavy atom. The Morgan fingerprint density at radius 1 is 1.07 bits per heavy atom. The van der Waals surface area contributed by atoms with Gasteiger partial charge in [0, 0.05) is 5.56 Å². The number of rotatable bonds is 7. The van der Waals surface area contributed by atoms with Crippen LogP contribution in [0.3, 0.4) is 0 Å². The Kier molecular flexibility index (Phi) is 6.59. The first-order chi connectivity index (χ1) is 14.0. The van der Waals surface area contributed by atoms with Crippen LogP contribution in [0.25, 0.3) is 0 Å². The largest absolute Gasteiger partial charge is 0.496 e. The van der Waals surface area contributed by atoms with E-state index in [-0.39, 0.29) is 0 Å². The lowest BCUT2D eigenvalue weighted by atomic mass is 9.90. The molecule has 0 amide bonds. The molecule has 2 atom stereocenters. The van der Waals surface area contributed by atoms with Crippen molar-refractivity contribution in [1.82, 2.24) is 4.90 Å². The SMILES string of the molecule is COc1ccc(F)cc1C(c1c(OC)cccc1OC)N1CCCCC1C(=O)O. The Hall–Kier alpha value is -2.80. The van der Waals surface area contributed by atoms with E-state index in [9.17, 15) is 14.3 Å². The fourth-order valence-electron chi connectivity index (χ4n) is 4.10. The van der Waals surface area contributed by atoms with Gasteiger partial charge in [-0.25, -0.2) is 4.39 Å². The van der Waals surface area contributed by atoms with Crippen molar-refractivity contribution in [3.8, 4) is 17.2 Å². The van der Waals surface area contributed by atoms with Crippen LogP contribution in [0.2, 0.25) is 0 Å². The molecule has 0 aliphatic carbocycles. The van der Waals surface area contributed by atoms with E-state index in [1.54, 1.807) is 38.5 Å². The average molecular weight is 403 g/mol. The molecule has 2 aromatic rings. The number of likely N-dealkylation sites (tertiary alicyclic amines) is 1. The number of benzene rings is 2. The molecule has 156 valence electrons. The van der Waals surface area contributed by atoms with Crippen LogP contribution < -0.4 is 14.2 Å². The summed E-state index contributed by atoms with van der Waals surface area (Å²) in [5.41, 5.74) is 1.18. The summed E-state index contributed by atoms with van der Waals surface area (Å²) in [7, 11) is 4.60.